The van der Waals surface area contributed by atoms with Gasteiger partial charge in [0.1, 0.15) is 6.04 Å². The van der Waals surface area contributed by atoms with E-state index < -0.39 is 30.3 Å². The van der Waals surface area contributed by atoms with Crippen LogP contribution in [0, 0.1) is 11.0 Å². The van der Waals surface area contributed by atoms with Crippen LogP contribution in [0.4, 0.5) is 26.3 Å². The van der Waals surface area contributed by atoms with Crippen LogP contribution in [0.2, 0.25) is 5.02 Å². The van der Waals surface area contributed by atoms with Crippen LogP contribution in [0.25, 0.3) is 28.1 Å². The first kappa shape index (κ1) is 29.8. The molecule has 0 unspecified atom stereocenters. The normalized spacial score (nSPS) is 12.7. The van der Waals surface area contributed by atoms with Gasteiger partial charge >= 0.3 is 12.7 Å². The van der Waals surface area contributed by atoms with E-state index in [1.54, 1.807) is 13.2 Å². The topological polar surface area (TPSA) is 124 Å². The summed E-state index contributed by atoms with van der Waals surface area (Å²) in [6.45, 7) is -2.88. The Bertz CT molecular complexity index is 2000. The molecule has 5 aromatic heterocycles. The van der Waals surface area contributed by atoms with Gasteiger partial charge in [-0.15, -0.1) is 10.2 Å². The smallest absolute Gasteiger partial charge is 0.436 e. The van der Waals surface area contributed by atoms with Crippen molar-refractivity contribution in [2.75, 3.05) is 0 Å². The molecule has 0 N–H and O–H groups in total. The molecule has 0 aliphatic carbocycles. The molecule has 12 nitrogen and oxygen atoms in total. The molecule has 0 bridgehead atoms. The standard InChI is InChI=1S/C26H18ClF6N11O/c1-40-21(10-34-38-40)15-9-35-42(11-15)20(8-16-6-7-41(37-16)25(29)30)18-4-2-14(12-44(18)45)23-19(5-3-17(27)24(23)28)43-13-22(36-39-43)26(31,32)33/h2-7,9-13,20,25H,8H2,1H3/t20-/m1/s1. The molecule has 0 saturated carbocycles. The number of alkyl halides is 5. The lowest BCUT2D eigenvalue weighted by atomic mass is 10.0. The Kier molecular flexibility index (Phi) is 7.51. The first-order valence-corrected chi connectivity index (χ1v) is 13.2. The SMILES string of the molecule is Cn1nncc1-c1cnn([C@H](Cc2ccn(C(F)F)n2)c2ccc(-c3c(-n4cc(C(F)(F)F)nn4)ccc(Cl)c3F)c[n+]2[O-])c1. The number of rotatable bonds is 8. The van der Waals surface area contributed by atoms with Crippen LogP contribution in [0.15, 0.2) is 67.5 Å². The van der Waals surface area contributed by atoms with Crippen LogP contribution >= 0.6 is 11.6 Å². The monoisotopic (exact) mass is 649 g/mol. The molecule has 5 heterocycles. The van der Waals surface area contributed by atoms with E-state index in [0.717, 1.165) is 23.1 Å². The minimum Gasteiger partial charge on any atom is -0.618 e. The van der Waals surface area contributed by atoms with Crippen molar-refractivity contribution in [3.8, 4) is 28.1 Å². The van der Waals surface area contributed by atoms with Crippen LogP contribution in [0.1, 0.15) is 29.7 Å². The van der Waals surface area contributed by atoms with E-state index in [2.05, 4.69) is 30.8 Å². The Balaban J connectivity index is 1.43. The number of aryl methyl sites for hydroxylation is 1. The maximum absolute atomic E-state index is 15.4. The van der Waals surface area contributed by atoms with E-state index in [-0.39, 0.29) is 39.6 Å². The number of hydrogen-bond acceptors (Lipinski definition) is 7. The van der Waals surface area contributed by atoms with Crippen molar-refractivity contribution in [1.29, 1.82) is 0 Å². The highest BCUT2D eigenvalue weighted by atomic mass is 35.5. The summed E-state index contributed by atoms with van der Waals surface area (Å²) in [4.78, 5) is 0. The zero-order valence-corrected chi connectivity index (χ0v) is 23.4. The summed E-state index contributed by atoms with van der Waals surface area (Å²) in [6, 6.07) is 5.56. The predicted molar refractivity (Wildman–Crippen MR) is 143 cm³/mol. The second-order valence-electron chi connectivity index (χ2n) is 9.71. The molecule has 0 amide bonds. The van der Waals surface area contributed by atoms with E-state index in [1.165, 1.54) is 46.0 Å². The Hall–Kier alpha value is -5.26. The molecule has 1 aromatic carbocycles. The first-order valence-electron chi connectivity index (χ1n) is 12.8. The van der Waals surface area contributed by atoms with E-state index >= 15 is 4.39 Å². The molecule has 1 atom stereocenters. The van der Waals surface area contributed by atoms with Crippen molar-refractivity contribution < 1.29 is 31.1 Å². The van der Waals surface area contributed by atoms with Crippen LogP contribution in [-0.4, -0.2) is 49.5 Å². The van der Waals surface area contributed by atoms with Gasteiger partial charge in [-0.2, -0.15) is 36.9 Å². The summed E-state index contributed by atoms with van der Waals surface area (Å²) in [5, 5.41) is 35.8. The number of halogens is 7. The Labute approximate surface area is 253 Å². The van der Waals surface area contributed by atoms with Crippen molar-refractivity contribution in [2.45, 2.75) is 25.2 Å². The molecule has 0 spiro atoms. The molecule has 0 aliphatic heterocycles. The molecule has 45 heavy (non-hydrogen) atoms. The third-order valence-corrected chi connectivity index (χ3v) is 7.17. The lowest BCUT2D eigenvalue weighted by Gasteiger charge is -2.18. The second kappa shape index (κ2) is 11.3. The molecule has 232 valence electrons. The Morgan fingerprint density at radius 2 is 1.80 bits per heavy atom. The van der Waals surface area contributed by atoms with Gasteiger partial charge in [0.2, 0.25) is 5.69 Å². The summed E-state index contributed by atoms with van der Waals surface area (Å²) >= 11 is 6.00. The number of pyridine rings is 1. The van der Waals surface area contributed by atoms with Crippen molar-refractivity contribution in [3.63, 3.8) is 0 Å². The van der Waals surface area contributed by atoms with Crippen molar-refractivity contribution in [2.24, 2.45) is 7.05 Å². The van der Waals surface area contributed by atoms with Gasteiger partial charge in [0, 0.05) is 37.5 Å². The van der Waals surface area contributed by atoms with E-state index in [1.807, 2.05) is 0 Å². The minimum absolute atomic E-state index is 0.0457. The molecular weight excluding hydrogens is 632 g/mol. The van der Waals surface area contributed by atoms with E-state index in [4.69, 9.17) is 11.6 Å². The fraction of sp³-hybridized carbons (Fsp3) is 0.192. The fourth-order valence-corrected chi connectivity index (χ4v) is 4.89. The number of benzene rings is 1. The maximum Gasteiger partial charge on any atom is 0.436 e. The maximum atomic E-state index is 15.4. The van der Waals surface area contributed by atoms with Gasteiger partial charge in [-0.3, -0.25) is 4.68 Å². The quantitative estimate of drug-likeness (QED) is 0.132. The van der Waals surface area contributed by atoms with E-state index in [0.29, 0.717) is 26.9 Å². The summed E-state index contributed by atoms with van der Waals surface area (Å²) in [7, 11) is 1.67. The molecule has 0 aliphatic rings. The van der Waals surface area contributed by atoms with Crippen LogP contribution in [-0.2, 0) is 19.6 Å². The van der Waals surface area contributed by atoms with Crippen LogP contribution < -0.4 is 4.73 Å². The minimum atomic E-state index is -4.80. The summed E-state index contributed by atoms with van der Waals surface area (Å²) in [6.07, 6.45) is 2.45. The number of aromatic nitrogens is 11. The van der Waals surface area contributed by atoms with Gasteiger partial charge < -0.3 is 5.21 Å². The fourth-order valence-electron chi connectivity index (χ4n) is 4.73. The van der Waals surface area contributed by atoms with Gasteiger partial charge in [-0.25, -0.2) is 18.4 Å². The van der Waals surface area contributed by atoms with Gasteiger partial charge in [-0.1, -0.05) is 22.0 Å². The second-order valence-corrected chi connectivity index (χ2v) is 10.1. The molecule has 0 fully saturated rings. The highest BCUT2D eigenvalue weighted by molar-refractivity contribution is 6.31. The average Bonchev–Trinajstić information content (AvgIpc) is 3.80. The van der Waals surface area contributed by atoms with Gasteiger partial charge in [-0.05, 0) is 24.3 Å². The summed E-state index contributed by atoms with van der Waals surface area (Å²) in [5.74, 6) is -1.01. The zero-order chi connectivity index (χ0) is 32.0. The third kappa shape index (κ3) is 5.70. The largest absolute Gasteiger partial charge is 0.618 e. The lowest BCUT2D eigenvalue weighted by Crippen LogP contribution is -2.36. The number of hydrogen-bond donors (Lipinski definition) is 0. The molecule has 0 radical (unpaired) electrons. The highest BCUT2D eigenvalue weighted by Gasteiger charge is 2.35. The average molecular weight is 650 g/mol. The van der Waals surface area contributed by atoms with Crippen molar-refractivity contribution in [3.05, 3.63) is 101 Å². The lowest BCUT2D eigenvalue weighted by molar-refractivity contribution is -0.615. The summed E-state index contributed by atoms with van der Waals surface area (Å²) < 4.78 is 86.0. The Morgan fingerprint density at radius 3 is 2.44 bits per heavy atom. The number of nitrogens with zero attached hydrogens (tertiary/aromatic N) is 11. The highest BCUT2D eigenvalue weighted by Crippen LogP contribution is 2.35. The first-order chi connectivity index (χ1) is 21.4. The third-order valence-electron chi connectivity index (χ3n) is 6.88. The van der Waals surface area contributed by atoms with Crippen LogP contribution in [0.3, 0.4) is 0 Å². The van der Waals surface area contributed by atoms with Crippen LogP contribution in [0.5, 0.6) is 0 Å². The summed E-state index contributed by atoms with van der Waals surface area (Å²) in [5.41, 5.74) is -0.343. The van der Waals surface area contributed by atoms with E-state index in [9.17, 15) is 27.2 Å². The molecule has 6 aromatic rings. The Morgan fingerprint density at radius 1 is 1.00 bits per heavy atom. The molecule has 19 heteroatoms. The molecule has 0 saturated heterocycles. The van der Waals surface area contributed by atoms with Crippen molar-refractivity contribution in [1.82, 2.24) is 49.5 Å². The predicted octanol–water partition coefficient (Wildman–Crippen LogP) is 4.79. The molecular formula is C26H18ClF6N11O. The van der Waals surface area contributed by atoms with Crippen molar-refractivity contribution >= 4 is 11.6 Å². The molecule has 6 rings (SSSR count). The van der Waals surface area contributed by atoms with Gasteiger partial charge in [0.05, 0.1) is 51.8 Å². The van der Waals surface area contributed by atoms with Gasteiger partial charge in [0.25, 0.3) is 0 Å². The zero-order valence-electron chi connectivity index (χ0n) is 22.7. The van der Waals surface area contributed by atoms with Gasteiger partial charge in [0.15, 0.2) is 17.7 Å².